The fourth-order valence-corrected chi connectivity index (χ4v) is 6.30. The van der Waals surface area contributed by atoms with Gasteiger partial charge in [0.05, 0.1) is 42.1 Å². The number of benzene rings is 2. The third kappa shape index (κ3) is 4.20. The Kier molecular flexibility index (Phi) is 7.22. The topological polar surface area (TPSA) is 172 Å². The number of carbonyl (C=O) groups is 3. The molecule has 0 saturated carbocycles. The number of aromatic hydroxyl groups is 2. The standard InChI is InChI=1S/C29H33NO10/c1-5-29(37)11-18(40-19-10-16(30-3)24(32)12(2)39-19)21-14(23(29)28(36)38-4)9-15-22(27(21)35)26(34)20-13(25(15)33)7-6-8-17(20)31/h6-9,12,16,18-19,23-24,30-32,35,37H,5,10-11H2,1-4H3/t12-,16-,18?,19-,23-,24+,29+/m0/s1. The normalized spacial score (nSPS) is 31.2. The minimum atomic E-state index is -1.69. The number of phenols is 2. The van der Waals surface area contributed by atoms with Crippen LogP contribution in [-0.2, 0) is 19.0 Å². The zero-order chi connectivity index (χ0) is 29.1. The van der Waals surface area contributed by atoms with Crippen LogP contribution >= 0.6 is 0 Å². The molecule has 7 atom stereocenters. The summed E-state index contributed by atoms with van der Waals surface area (Å²) in [6, 6.07) is 5.08. The number of phenolic OH excluding ortho intramolecular Hbond substituents is 2. The molecule has 1 heterocycles. The molecule has 2 aromatic rings. The molecule has 0 amide bonds. The number of aliphatic hydroxyl groups is 2. The first kappa shape index (κ1) is 28.2. The number of hydrogen-bond acceptors (Lipinski definition) is 11. The van der Waals surface area contributed by atoms with Gasteiger partial charge in [0.1, 0.15) is 17.4 Å². The number of likely N-dealkylation sites (N-methyl/N-ethyl adjacent to an activating group) is 1. The van der Waals surface area contributed by atoms with Gasteiger partial charge in [-0.2, -0.15) is 0 Å². The van der Waals surface area contributed by atoms with Crippen molar-refractivity contribution >= 4 is 17.5 Å². The molecule has 0 spiro atoms. The molecule has 1 fully saturated rings. The second kappa shape index (κ2) is 10.2. The van der Waals surface area contributed by atoms with Gasteiger partial charge in [-0.05, 0) is 38.1 Å². The third-order valence-corrected chi connectivity index (χ3v) is 8.51. The molecule has 3 aliphatic rings. The molecule has 0 bridgehead atoms. The third-order valence-electron chi connectivity index (χ3n) is 8.51. The van der Waals surface area contributed by atoms with Gasteiger partial charge in [-0.25, -0.2) is 0 Å². The summed E-state index contributed by atoms with van der Waals surface area (Å²) in [6.07, 6.45) is -3.14. The minimum absolute atomic E-state index is 0.0397. The van der Waals surface area contributed by atoms with Crippen LogP contribution in [0.3, 0.4) is 0 Å². The Hall–Kier alpha value is -3.35. The summed E-state index contributed by atoms with van der Waals surface area (Å²) in [7, 11) is 2.87. The van der Waals surface area contributed by atoms with E-state index in [2.05, 4.69) is 5.32 Å². The molecular formula is C29H33NO10. The highest BCUT2D eigenvalue weighted by Crippen LogP contribution is 2.53. The monoisotopic (exact) mass is 555 g/mol. The lowest BCUT2D eigenvalue weighted by Gasteiger charge is -2.45. The van der Waals surface area contributed by atoms with E-state index in [0.717, 1.165) is 0 Å². The molecule has 5 N–H and O–H groups in total. The van der Waals surface area contributed by atoms with Gasteiger partial charge in [0, 0.05) is 35.6 Å². The van der Waals surface area contributed by atoms with Gasteiger partial charge in [-0.3, -0.25) is 14.4 Å². The molecule has 2 aliphatic carbocycles. The zero-order valence-electron chi connectivity index (χ0n) is 22.6. The molecule has 1 aliphatic heterocycles. The van der Waals surface area contributed by atoms with E-state index in [1.54, 1.807) is 20.9 Å². The molecule has 0 aromatic heterocycles. The van der Waals surface area contributed by atoms with Gasteiger partial charge in [0.15, 0.2) is 12.1 Å². The van der Waals surface area contributed by atoms with E-state index in [9.17, 15) is 34.8 Å². The maximum atomic E-state index is 13.6. The van der Waals surface area contributed by atoms with Crippen LogP contribution in [0.2, 0.25) is 0 Å². The van der Waals surface area contributed by atoms with Crippen LogP contribution in [0.5, 0.6) is 11.5 Å². The molecule has 11 heteroatoms. The number of aliphatic hydroxyl groups excluding tert-OH is 1. The van der Waals surface area contributed by atoms with E-state index in [4.69, 9.17) is 14.2 Å². The van der Waals surface area contributed by atoms with Crippen LogP contribution in [0.1, 0.15) is 88.1 Å². The molecule has 5 rings (SSSR count). The van der Waals surface area contributed by atoms with Crippen molar-refractivity contribution < 1.29 is 49.0 Å². The van der Waals surface area contributed by atoms with Crippen molar-refractivity contribution in [2.45, 2.75) is 75.3 Å². The summed E-state index contributed by atoms with van der Waals surface area (Å²) in [6.45, 7) is 3.38. The Morgan fingerprint density at radius 2 is 1.90 bits per heavy atom. The average molecular weight is 556 g/mol. The van der Waals surface area contributed by atoms with Gasteiger partial charge in [0.2, 0.25) is 5.78 Å². The Labute approximate surface area is 230 Å². The van der Waals surface area contributed by atoms with Crippen molar-refractivity contribution in [1.29, 1.82) is 0 Å². The zero-order valence-corrected chi connectivity index (χ0v) is 22.6. The Bertz CT molecular complexity index is 1390. The lowest BCUT2D eigenvalue weighted by atomic mass is 9.67. The molecule has 214 valence electrons. The second-order valence-corrected chi connectivity index (χ2v) is 10.6. The maximum Gasteiger partial charge on any atom is 0.316 e. The fraction of sp³-hybridized carbons (Fsp3) is 0.483. The SMILES string of the molecule is CC[C@@]1(O)CC(O[C@H]2C[C@H](NC)[C@H](O)[C@H](C)O2)c2c(cc3c(c2O)C(=O)c2c(O)cccc2C3=O)[C@H]1C(=O)OC. The Morgan fingerprint density at radius 1 is 1.18 bits per heavy atom. The van der Waals surface area contributed by atoms with Crippen LogP contribution in [0.25, 0.3) is 0 Å². The van der Waals surface area contributed by atoms with Crippen molar-refractivity contribution in [1.82, 2.24) is 5.32 Å². The van der Waals surface area contributed by atoms with E-state index in [-0.39, 0.29) is 58.7 Å². The fourth-order valence-electron chi connectivity index (χ4n) is 6.30. The first-order chi connectivity index (χ1) is 19.0. The number of esters is 1. The first-order valence-corrected chi connectivity index (χ1v) is 13.2. The highest BCUT2D eigenvalue weighted by molar-refractivity contribution is 6.30. The van der Waals surface area contributed by atoms with Crippen LogP contribution in [-0.4, -0.2) is 82.3 Å². The summed E-state index contributed by atoms with van der Waals surface area (Å²) in [4.78, 5) is 40.2. The van der Waals surface area contributed by atoms with Gasteiger partial charge in [0.25, 0.3) is 0 Å². The molecule has 40 heavy (non-hydrogen) atoms. The van der Waals surface area contributed by atoms with Crippen molar-refractivity contribution in [2.75, 3.05) is 14.2 Å². The summed E-state index contributed by atoms with van der Waals surface area (Å²) in [5, 5.41) is 47.2. The van der Waals surface area contributed by atoms with E-state index in [1.165, 1.54) is 31.4 Å². The minimum Gasteiger partial charge on any atom is -0.507 e. The summed E-state index contributed by atoms with van der Waals surface area (Å²) < 4.78 is 17.2. The predicted octanol–water partition coefficient (Wildman–Crippen LogP) is 1.82. The number of ketones is 2. The quantitative estimate of drug-likeness (QED) is 0.291. The van der Waals surface area contributed by atoms with E-state index < -0.39 is 65.2 Å². The number of methoxy groups -OCH3 is 1. The maximum absolute atomic E-state index is 13.6. The summed E-state index contributed by atoms with van der Waals surface area (Å²) >= 11 is 0. The number of rotatable bonds is 5. The average Bonchev–Trinajstić information content (AvgIpc) is 2.92. The molecular weight excluding hydrogens is 522 g/mol. The van der Waals surface area contributed by atoms with Crippen LogP contribution in [0, 0.1) is 0 Å². The molecule has 11 nitrogen and oxygen atoms in total. The van der Waals surface area contributed by atoms with Crippen LogP contribution in [0.4, 0.5) is 0 Å². The van der Waals surface area contributed by atoms with Crippen molar-refractivity contribution in [2.24, 2.45) is 0 Å². The molecule has 2 aromatic carbocycles. The Balaban J connectivity index is 1.70. The lowest BCUT2D eigenvalue weighted by Crippen LogP contribution is -2.53. The van der Waals surface area contributed by atoms with E-state index in [0.29, 0.717) is 0 Å². The summed E-state index contributed by atoms with van der Waals surface area (Å²) in [5.74, 6) is -4.43. The van der Waals surface area contributed by atoms with Crippen molar-refractivity contribution in [3.8, 4) is 11.5 Å². The largest absolute Gasteiger partial charge is 0.507 e. The van der Waals surface area contributed by atoms with Crippen LogP contribution in [0.15, 0.2) is 24.3 Å². The number of hydrogen-bond donors (Lipinski definition) is 5. The second-order valence-electron chi connectivity index (χ2n) is 10.6. The van der Waals surface area contributed by atoms with Gasteiger partial charge < -0.3 is 40.0 Å². The Morgan fingerprint density at radius 3 is 2.55 bits per heavy atom. The van der Waals surface area contributed by atoms with Gasteiger partial charge >= 0.3 is 5.97 Å². The number of carbonyl (C=O) groups excluding carboxylic acids is 3. The number of nitrogens with one attached hydrogen (secondary N) is 1. The molecule has 1 saturated heterocycles. The summed E-state index contributed by atoms with van der Waals surface area (Å²) in [5.41, 5.74) is -2.29. The van der Waals surface area contributed by atoms with E-state index in [1.807, 2.05) is 0 Å². The molecule has 0 radical (unpaired) electrons. The first-order valence-electron chi connectivity index (χ1n) is 13.2. The van der Waals surface area contributed by atoms with Crippen molar-refractivity contribution in [3.05, 3.63) is 57.6 Å². The van der Waals surface area contributed by atoms with Crippen LogP contribution < -0.4 is 5.32 Å². The van der Waals surface area contributed by atoms with Gasteiger partial charge in [-0.15, -0.1) is 0 Å². The van der Waals surface area contributed by atoms with Crippen molar-refractivity contribution in [3.63, 3.8) is 0 Å². The highest BCUT2D eigenvalue weighted by Gasteiger charge is 2.53. The predicted molar refractivity (Wildman–Crippen MR) is 139 cm³/mol. The van der Waals surface area contributed by atoms with Gasteiger partial charge in [-0.1, -0.05) is 19.1 Å². The molecule has 1 unspecified atom stereocenters. The van der Waals surface area contributed by atoms with E-state index >= 15 is 0 Å². The number of ether oxygens (including phenoxy) is 3. The highest BCUT2D eigenvalue weighted by atomic mass is 16.7. The smallest absolute Gasteiger partial charge is 0.316 e. The number of fused-ring (bicyclic) bond motifs is 3. The lowest BCUT2D eigenvalue weighted by molar-refractivity contribution is -0.251.